The Balaban J connectivity index is 1.64. The lowest BCUT2D eigenvalue weighted by Crippen LogP contribution is -2.33. The van der Waals surface area contributed by atoms with Crippen molar-refractivity contribution in [3.05, 3.63) is 47.3 Å². The normalized spacial score (nSPS) is 21.5. The predicted molar refractivity (Wildman–Crippen MR) is 100 cm³/mol. The van der Waals surface area contributed by atoms with Crippen molar-refractivity contribution >= 4 is 0 Å². The summed E-state index contributed by atoms with van der Waals surface area (Å²) in [5.74, 6) is 1.30. The average Bonchev–Trinajstić information content (AvgIpc) is 3.21. The second-order valence-corrected chi connectivity index (χ2v) is 6.84. The summed E-state index contributed by atoms with van der Waals surface area (Å²) in [6.45, 7) is 4.44. The van der Waals surface area contributed by atoms with Crippen LogP contribution in [0.15, 0.2) is 30.5 Å². The van der Waals surface area contributed by atoms with Gasteiger partial charge in [-0.2, -0.15) is 5.10 Å². The van der Waals surface area contributed by atoms with Crippen molar-refractivity contribution in [3.8, 4) is 5.75 Å². The van der Waals surface area contributed by atoms with Gasteiger partial charge in [-0.25, -0.2) is 0 Å². The number of methoxy groups -OCH3 is 2. The molecule has 1 aromatic heterocycles. The maximum atomic E-state index is 6.01. The minimum Gasteiger partial charge on any atom is -0.496 e. The minimum absolute atomic E-state index is 0.0888. The highest BCUT2D eigenvalue weighted by Crippen LogP contribution is 2.32. The van der Waals surface area contributed by atoms with Gasteiger partial charge in [0, 0.05) is 44.0 Å². The number of hydrogen-bond donors (Lipinski definition) is 2. The van der Waals surface area contributed by atoms with Crippen LogP contribution in [0.2, 0.25) is 0 Å². The highest BCUT2D eigenvalue weighted by Gasteiger charge is 2.28. The zero-order valence-corrected chi connectivity index (χ0v) is 15.8. The first-order valence-electron chi connectivity index (χ1n) is 9.23. The van der Waals surface area contributed by atoms with Crippen LogP contribution in [0.1, 0.15) is 48.7 Å². The van der Waals surface area contributed by atoms with Gasteiger partial charge >= 0.3 is 0 Å². The minimum atomic E-state index is 0.0888. The summed E-state index contributed by atoms with van der Waals surface area (Å²) in [5.41, 5.74) is 3.36. The monoisotopic (exact) mass is 359 g/mol. The first-order valence-corrected chi connectivity index (χ1v) is 9.23. The predicted octanol–water partition coefficient (Wildman–Crippen LogP) is 3.38. The molecule has 0 bridgehead atoms. The van der Waals surface area contributed by atoms with Gasteiger partial charge in [0.15, 0.2) is 0 Å². The number of benzene rings is 1. The largest absolute Gasteiger partial charge is 0.496 e. The third-order valence-electron chi connectivity index (χ3n) is 5.06. The maximum Gasteiger partial charge on any atom is 0.124 e. The van der Waals surface area contributed by atoms with Crippen molar-refractivity contribution in [2.75, 3.05) is 27.4 Å². The molecule has 2 heterocycles. The molecule has 1 aliphatic rings. The second kappa shape index (κ2) is 9.16. The van der Waals surface area contributed by atoms with E-state index in [0.29, 0.717) is 12.5 Å². The van der Waals surface area contributed by atoms with E-state index in [2.05, 4.69) is 34.6 Å². The summed E-state index contributed by atoms with van der Waals surface area (Å²) in [6, 6.07) is 8.52. The summed E-state index contributed by atoms with van der Waals surface area (Å²) in [7, 11) is 3.39. The molecule has 2 N–H and O–H groups in total. The molecule has 2 aromatic rings. The van der Waals surface area contributed by atoms with E-state index >= 15 is 0 Å². The average molecular weight is 359 g/mol. The highest BCUT2D eigenvalue weighted by atomic mass is 16.5. The number of aromatic nitrogens is 2. The van der Waals surface area contributed by atoms with Crippen molar-refractivity contribution in [3.63, 3.8) is 0 Å². The standard InChI is InChI=1S/C20H29N3O3/c1-14(15-6-7-19(25-3)17(11-15)13-24-2)21-12-16-5-4-10-26-20(16)18-8-9-22-23-18/h6-9,11,14,16,20-21H,4-5,10,12-13H2,1-3H3,(H,22,23)/t14?,16-,20+/m0/s1. The molecular formula is C20H29N3O3. The van der Waals surface area contributed by atoms with Crippen LogP contribution in [0.4, 0.5) is 0 Å². The van der Waals surface area contributed by atoms with Crippen LogP contribution in [-0.4, -0.2) is 37.6 Å². The molecule has 3 atom stereocenters. The number of hydrogen-bond acceptors (Lipinski definition) is 5. The molecule has 1 unspecified atom stereocenters. The van der Waals surface area contributed by atoms with Gasteiger partial charge in [0.25, 0.3) is 0 Å². The molecule has 0 spiro atoms. The highest BCUT2D eigenvalue weighted by molar-refractivity contribution is 5.38. The first-order chi connectivity index (χ1) is 12.7. The number of aromatic amines is 1. The molecule has 3 rings (SSSR count). The molecule has 0 aliphatic carbocycles. The van der Waals surface area contributed by atoms with Crippen LogP contribution >= 0.6 is 0 Å². The lowest BCUT2D eigenvalue weighted by atomic mass is 9.91. The van der Waals surface area contributed by atoms with Gasteiger partial charge in [-0.15, -0.1) is 0 Å². The summed E-state index contributed by atoms with van der Waals surface area (Å²) in [5, 5.41) is 10.8. The molecule has 26 heavy (non-hydrogen) atoms. The third-order valence-corrected chi connectivity index (χ3v) is 5.06. The first kappa shape index (κ1) is 18.9. The van der Waals surface area contributed by atoms with Crippen LogP contribution in [0, 0.1) is 5.92 Å². The molecular weight excluding hydrogens is 330 g/mol. The van der Waals surface area contributed by atoms with E-state index < -0.39 is 0 Å². The Morgan fingerprint density at radius 1 is 1.35 bits per heavy atom. The Hall–Kier alpha value is -1.89. The van der Waals surface area contributed by atoms with Gasteiger partial charge in [-0.05, 0) is 43.5 Å². The SMILES string of the molecule is COCc1cc(C(C)NC[C@@H]2CCCO[C@H]2c2ccn[nH]2)ccc1OC. The fraction of sp³-hybridized carbons (Fsp3) is 0.550. The summed E-state index contributed by atoms with van der Waals surface area (Å²) in [4.78, 5) is 0. The fourth-order valence-corrected chi connectivity index (χ4v) is 3.60. The third kappa shape index (κ3) is 4.44. The van der Waals surface area contributed by atoms with E-state index in [1.54, 1.807) is 20.4 Å². The number of H-pyrrole nitrogens is 1. The quantitative estimate of drug-likeness (QED) is 0.756. The Labute approximate surface area is 155 Å². The Bertz CT molecular complexity index is 675. The van der Waals surface area contributed by atoms with Crippen molar-refractivity contribution in [1.29, 1.82) is 0 Å². The Kier molecular flexibility index (Phi) is 6.66. The topological polar surface area (TPSA) is 68.4 Å². The van der Waals surface area contributed by atoms with Crippen LogP contribution in [0.3, 0.4) is 0 Å². The maximum absolute atomic E-state index is 6.01. The Morgan fingerprint density at radius 3 is 2.96 bits per heavy atom. The molecule has 0 radical (unpaired) electrons. The molecule has 1 aliphatic heterocycles. The molecule has 1 aromatic carbocycles. The van der Waals surface area contributed by atoms with Crippen LogP contribution in [-0.2, 0) is 16.1 Å². The molecule has 6 nitrogen and oxygen atoms in total. The van der Waals surface area contributed by atoms with Gasteiger partial charge in [0.2, 0.25) is 0 Å². The molecule has 0 saturated carbocycles. The van der Waals surface area contributed by atoms with E-state index in [1.807, 2.05) is 12.1 Å². The Morgan fingerprint density at radius 2 is 2.23 bits per heavy atom. The summed E-state index contributed by atoms with van der Waals surface area (Å²) in [6.07, 6.45) is 4.13. The lowest BCUT2D eigenvalue weighted by molar-refractivity contribution is -0.0308. The zero-order chi connectivity index (χ0) is 18.4. The van der Waals surface area contributed by atoms with Gasteiger partial charge in [-0.3, -0.25) is 5.10 Å². The number of nitrogens with zero attached hydrogens (tertiary/aromatic N) is 1. The number of nitrogens with one attached hydrogen (secondary N) is 2. The van der Waals surface area contributed by atoms with Crippen molar-refractivity contribution in [2.45, 2.75) is 38.5 Å². The van der Waals surface area contributed by atoms with Gasteiger partial charge in [-0.1, -0.05) is 6.07 Å². The zero-order valence-electron chi connectivity index (χ0n) is 15.8. The van der Waals surface area contributed by atoms with E-state index in [-0.39, 0.29) is 12.1 Å². The smallest absolute Gasteiger partial charge is 0.124 e. The van der Waals surface area contributed by atoms with Crippen LogP contribution in [0.5, 0.6) is 5.75 Å². The summed E-state index contributed by atoms with van der Waals surface area (Å²) >= 11 is 0. The molecule has 1 fully saturated rings. The molecule has 6 heteroatoms. The van der Waals surface area contributed by atoms with Crippen LogP contribution in [0.25, 0.3) is 0 Å². The van der Waals surface area contributed by atoms with Gasteiger partial charge < -0.3 is 19.5 Å². The van der Waals surface area contributed by atoms with E-state index in [0.717, 1.165) is 43.0 Å². The molecule has 142 valence electrons. The second-order valence-electron chi connectivity index (χ2n) is 6.84. The van der Waals surface area contributed by atoms with Crippen molar-refractivity contribution in [2.24, 2.45) is 5.92 Å². The van der Waals surface area contributed by atoms with Crippen molar-refractivity contribution in [1.82, 2.24) is 15.5 Å². The van der Waals surface area contributed by atoms with E-state index in [9.17, 15) is 0 Å². The van der Waals surface area contributed by atoms with E-state index in [4.69, 9.17) is 14.2 Å². The number of rotatable bonds is 8. The summed E-state index contributed by atoms with van der Waals surface area (Å²) < 4.78 is 16.7. The number of ether oxygens (including phenoxy) is 3. The van der Waals surface area contributed by atoms with Gasteiger partial charge in [0.05, 0.1) is 19.4 Å². The fourth-order valence-electron chi connectivity index (χ4n) is 3.60. The van der Waals surface area contributed by atoms with E-state index in [1.165, 1.54) is 5.56 Å². The van der Waals surface area contributed by atoms with Crippen LogP contribution < -0.4 is 10.1 Å². The van der Waals surface area contributed by atoms with Gasteiger partial charge in [0.1, 0.15) is 11.9 Å². The molecule has 0 amide bonds. The lowest BCUT2D eigenvalue weighted by Gasteiger charge is -2.32. The van der Waals surface area contributed by atoms with Crippen molar-refractivity contribution < 1.29 is 14.2 Å². The molecule has 1 saturated heterocycles.